The van der Waals surface area contributed by atoms with Gasteiger partial charge in [0.05, 0.1) is 11.8 Å². The Hall–Kier alpha value is -2.36. The summed E-state index contributed by atoms with van der Waals surface area (Å²) in [5.74, 6) is -2.31. The molecule has 2 aromatic rings. The number of carbonyl (C=O) groups excluding carboxylic acids is 1. The molecule has 0 aromatic heterocycles. The Labute approximate surface area is 169 Å². The first-order valence-electron chi connectivity index (χ1n) is 9.28. The molecule has 0 radical (unpaired) electrons. The maximum atomic E-state index is 13.7. The summed E-state index contributed by atoms with van der Waals surface area (Å²) >= 11 is 0. The monoisotopic (exact) mass is 423 g/mol. The van der Waals surface area contributed by atoms with E-state index in [9.17, 15) is 22.0 Å². The van der Waals surface area contributed by atoms with E-state index in [2.05, 4.69) is 5.32 Å². The molecule has 0 saturated carbocycles. The molecule has 0 aliphatic carbocycles. The van der Waals surface area contributed by atoms with Gasteiger partial charge in [0, 0.05) is 26.2 Å². The lowest BCUT2D eigenvalue weighted by Gasteiger charge is -2.36. The molecular formula is C20H23F2N3O3S. The Balaban J connectivity index is 1.57. The van der Waals surface area contributed by atoms with Gasteiger partial charge < -0.3 is 5.32 Å². The molecule has 1 saturated heterocycles. The van der Waals surface area contributed by atoms with Crippen LogP contribution in [0.5, 0.6) is 0 Å². The molecule has 1 heterocycles. The van der Waals surface area contributed by atoms with Crippen LogP contribution in [0.15, 0.2) is 48.5 Å². The van der Waals surface area contributed by atoms with E-state index in [1.807, 2.05) is 6.07 Å². The van der Waals surface area contributed by atoms with Crippen molar-refractivity contribution in [2.45, 2.75) is 18.7 Å². The Bertz CT molecular complexity index is 942. The molecule has 1 aliphatic rings. The van der Waals surface area contributed by atoms with E-state index < -0.39 is 39.3 Å². The van der Waals surface area contributed by atoms with Crippen LogP contribution in [-0.2, 0) is 20.6 Å². The van der Waals surface area contributed by atoms with Gasteiger partial charge in [0.15, 0.2) is 0 Å². The van der Waals surface area contributed by atoms with Crippen molar-refractivity contribution in [2.75, 3.05) is 31.5 Å². The zero-order valence-corrected chi connectivity index (χ0v) is 16.8. The fraction of sp³-hybridized carbons (Fsp3) is 0.350. The zero-order valence-electron chi connectivity index (χ0n) is 16.0. The highest BCUT2D eigenvalue weighted by atomic mass is 32.2. The summed E-state index contributed by atoms with van der Waals surface area (Å²) in [7, 11) is -3.46. The maximum absolute atomic E-state index is 13.7. The van der Waals surface area contributed by atoms with Gasteiger partial charge in [-0.2, -0.15) is 4.31 Å². The second-order valence-electron chi connectivity index (χ2n) is 6.94. The molecule has 2 aromatic carbocycles. The summed E-state index contributed by atoms with van der Waals surface area (Å²) in [6.07, 6.45) is 0. The minimum Gasteiger partial charge on any atom is -0.320 e. The predicted octanol–water partition coefficient (Wildman–Crippen LogP) is 2.44. The van der Waals surface area contributed by atoms with Crippen molar-refractivity contribution >= 4 is 21.6 Å². The molecule has 1 N–H and O–H groups in total. The minimum atomic E-state index is -3.46. The van der Waals surface area contributed by atoms with E-state index in [1.165, 1.54) is 10.4 Å². The minimum absolute atomic E-state index is 0.0730. The summed E-state index contributed by atoms with van der Waals surface area (Å²) in [5.41, 5.74) is 0.239. The van der Waals surface area contributed by atoms with Gasteiger partial charge in [-0.3, -0.25) is 9.69 Å². The van der Waals surface area contributed by atoms with Crippen LogP contribution in [-0.4, -0.2) is 55.8 Å². The van der Waals surface area contributed by atoms with Crippen molar-refractivity contribution < 1.29 is 22.0 Å². The van der Waals surface area contributed by atoms with Crippen molar-refractivity contribution in [1.82, 2.24) is 9.21 Å². The SMILES string of the molecule is CC(C(=O)Nc1c(F)cccc1F)N1CCN(S(=O)(=O)Cc2ccccc2)CC1. The van der Waals surface area contributed by atoms with Crippen molar-refractivity contribution in [3.05, 3.63) is 65.7 Å². The van der Waals surface area contributed by atoms with Gasteiger partial charge in [-0.25, -0.2) is 17.2 Å². The number of benzene rings is 2. The van der Waals surface area contributed by atoms with Crippen molar-refractivity contribution in [1.29, 1.82) is 0 Å². The molecule has 1 unspecified atom stereocenters. The standard InChI is InChI=1S/C20H23F2N3O3S/c1-15(20(26)23-19-17(21)8-5-9-18(19)22)24-10-12-25(13-11-24)29(27,28)14-16-6-3-2-4-7-16/h2-9,15H,10-14H2,1H3,(H,23,26). The van der Waals surface area contributed by atoms with Crippen LogP contribution in [0.3, 0.4) is 0 Å². The largest absolute Gasteiger partial charge is 0.320 e. The smallest absolute Gasteiger partial charge is 0.241 e. The lowest BCUT2D eigenvalue weighted by atomic mass is 10.2. The number of nitrogens with zero attached hydrogens (tertiary/aromatic N) is 2. The quantitative estimate of drug-likeness (QED) is 0.775. The van der Waals surface area contributed by atoms with Crippen LogP contribution < -0.4 is 5.32 Å². The van der Waals surface area contributed by atoms with Crippen molar-refractivity contribution in [3.8, 4) is 0 Å². The highest BCUT2D eigenvalue weighted by molar-refractivity contribution is 7.88. The summed E-state index contributed by atoms with van der Waals surface area (Å²) in [4.78, 5) is 14.2. The average Bonchev–Trinajstić information content (AvgIpc) is 2.70. The highest BCUT2D eigenvalue weighted by Crippen LogP contribution is 2.20. The number of anilines is 1. The fourth-order valence-electron chi connectivity index (χ4n) is 3.26. The number of halogens is 2. The van der Waals surface area contributed by atoms with Gasteiger partial charge in [-0.05, 0) is 24.6 Å². The molecule has 156 valence electrons. The molecule has 0 spiro atoms. The molecule has 1 fully saturated rings. The van der Waals surface area contributed by atoms with Gasteiger partial charge in [-0.15, -0.1) is 0 Å². The lowest BCUT2D eigenvalue weighted by molar-refractivity contribution is -0.121. The number of hydrogen-bond donors (Lipinski definition) is 1. The number of piperazine rings is 1. The summed E-state index contributed by atoms with van der Waals surface area (Å²) < 4.78 is 54.1. The van der Waals surface area contributed by atoms with Crippen LogP contribution in [0.1, 0.15) is 12.5 Å². The third-order valence-electron chi connectivity index (χ3n) is 5.00. The first-order valence-corrected chi connectivity index (χ1v) is 10.9. The van der Waals surface area contributed by atoms with Gasteiger partial charge in [0.2, 0.25) is 15.9 Å². The molecule has 1 aliphatic heterocycles. The van der Waals surface area contributed by atoms with E-state index in [0.29, 0.717) is 13.1 Å². The first kappa shape index (κ1) is 21.4. The third kappa shape index (κ3) is 5.17. The predicted molar refractivity (Wildman–Crippen MR) is 107 cm³/mol. The Morgan fingerprint density at radius 1 is 1.00 bits per heavy atom. The van der Waals surface area contributed by atoms with Crippen LogP contribution in [0.4, 0.5) is 14.5 Å². The van der Waals surface area contributed by atoms with E-state index in [0.717, 1.165) is 17.7 Å². The van der Waals surface area contributed by atoms with E-state index in [4.69, 9.17) is 0 Å². The molecule has 1 atom stereocenters. The number of amides is 1. The Morgan fingerprint density at radius 2 is 1.59 bits per heavy atom. The van der Waals surface area contributed by atoms with Gasteiger partial charge in [0.25, 0.3) is 0 Å². The van der Waals surface area contributed by atoms with E-state index >= 15 is 0 Å². The molecule has 9 heteroatoms. The third-order valence-corrected chi connectivity index (χ3v) is 6.85. The topological polar surface area (TPSA) is 69.7 Å². The van der Waals surface area contributed by atoms with Crippen molar-refractivity contribution in [2.24, 2.45) is 0 Å². The average molecular weight is 423 g/mol. The molecular weight excluding hydrogens is 400 g/mol. The van der Waals surface area contributed by atoms with Crippen LogP contribution >= 0.6 is 0 Å². The Kier molecular flexibility index (Phi) is 6.61. The fourth-order valence-corrected chi connectivity index (χ4v) is 4.77. The van der Waals surface area contributed by atoms with Gasteiger partial charge >= 0.3 is 0 Å². The van der Waals surface area contributed by atoms with Gasteiger partial charge in [0.1, 0.15) is 17.3 Å². The second-order valence-corrected chi connectivity index (χ2v) is 8.91. The van der Waals surface area contributed by atoms with Crippen molar-refractivity contribution in [3.63, 3.8) is 0 Å². The molecule has 0 bridgehead atoms. The summed E-state index contributed by atoms with van der Waals surface area (Å²) in [6, 6.07) is 11.6. The summed E-state index contributed by atoms with van der Waals surface area (Å²) in [5, 5.41) is 2.29. The molecule has 3 rings (SSSR count). The molecule has 1 amide bonds. The number of carbonyl (C=O) groups is 1. The number of nitrogens with one attached hydrogen (secondary N) is 1. The van der Waals surface area contributed by atoms with E-state index in [1.54, 1.807) is 36.1 Å². The summed E-state index contributed by atoms with van der Waals surface area (Å²) in [6.45, 7) is 2.83. The number of rotatable bonds is 6. The molecule has 6 nitrogen and oxygen atoms in total. The number of hydrogen-bond acceptors (Lipinski definition) is 4. The zero-order chi connectivity index (χ0) is 21.0. The molecule has 29 heavy (non-hydrogen) atoms. The van der Waals surface area contributed by atoms with E-state index in [-0.39, 0.29) is 18.8 Å². The Morgan fingerprint density at radius 3 is 2.17 bits per heavy atom. The van der Waals surface area contributed by atoms with Gasteiger partial charge in [-0.1, -0.05) is 36.4 Å². The highest BCUT2D eigenvalue weighted by Gasteiger charge is 2.31. The number of sulfonamides is 1. The first-order chi connectivity index (χ1) is 13.8. The second kappa shape index (κ2) is 8.98. The normalized spacial score (nSPS) is 17.1. The number of para-hydroxylation sites is 1. The van der Waals surface area contributed by atoms with Crippen LogP contribution in [0.25, 0.3) is 0 Å². The van der Waals surface area contributed by atoms with Crippen LogP contribution in [0, 0.1) is 11.6 Å². The van der Waals surface area contributed by atoms with Crippen LogP contribution in [0.2, 0.25) is 0 Å². The lowest BCUT2D eigenvalue weighted by Crippen LogP contribution is -2.54. The maximum Gasteiger partial charge on any atom is 0.241 e.